The summed E-state index contributed by atoms with van der Waals surface area (Å²) in [5.41, 5.74) is 3.53. The highest BCUT2D eigenvalue weighted by Crippen LogP contribution is 2.12. The molecule has 0 aliphatic heterocycles. The van der Waals surface area contributed by atoms with Crippen LogP contribution in [0.15, 0.2) is 60.7 Å². The second kappa shape index (κ2) is 7.02. The first-order valence-electron chi connectivity index (χ1n) is 6.27. The molecule has 0 aromatic heterocycles. The molecular formula is C16H14N2O3. The Balaban J connectivity index is 2.01. The number of benzene rings is 2. The molecule has 3 N–H and O–H groups in total. The summed E-state index contributed by atoms with van der Waals surface area (Å²) < 4.78 is 0. The first-order valence-corrected chi connectivity index (χ1v) is 6.27. The van der Waals surface area contributed by atoms with Gasteiger partial charge < -0.3 is 5.32 Å². The van der Waals surface area contributed by atoms with Crippen LogP contribution in [0.1, 0.15) is 15.9 Å². The molecule has 21 heavy (non-hydrogen) atoms. The maximum absolute atomic E-state index is 11.9. The average molecular weight is 282 g/mol. The average Bonchev–Trinajstić information content (AvgIpc) is 2.54. The van der Waals surface area contributed by atoms with Gasteiger partial charge in [0.2, 0.25) is 0 Å². The second-order valence-electron chi connectivity index (χ2n) is 4.25. The van der Waals surface area contributed by atoms with E-state index in [1.165, 1.54) is 11.6 Å². The maximum Gasteiger partial charge on any atom is 0.267 e. The van der Waals surface area contributed by atoms with Crippen molar-refractivity contribution in [1.29, 1.82) is 0 Å². The highest BCUT2D eigenvalue weighted by Gasteiger charge is 2.04. The number of carbonyl (C=O) groups is 2. The topological polar surface area (TPSA) is 78.4 Å². The maximum atomic E-state index is 11.9. The lowest BCUT2D eigenvalue weighted by Crippen LogP contribution is -2.14. The number of hydroxylamine groups is 1. The van der Waals surface area contributed by atoms with Gasteiger partial charge in [-0.25, -0.2) is 5.48 Å². The molecule has 2 amide bonds. The first-order chi connectivity index (χ1) is 10.2. The van der Waals surface area contributed by atoms with Crippen LogP contribution >= 0.6 is 0 Å². The van der Waals surface area contributed by atoms with Crippen LogP contribution in [0.3, 0.4) is 0 Å². The summed E-state index contributed by atoms with van der Waals surface area (Å²) in [4.78, 5) is 22.8. The lowest BCUT2D eigenvalue weighted by atomic mass is 10.1. The standard InChI is InChI=1S/C16H14N2O3/c19-15(18-21)11-8-12-6-9-14(10-7-12)17-16(20)13-4-2-1-3-5-13/h1-11,21H,(H,17,20)(H,18,19). The number of hydrogen-bond acceptors (Lipinski definition) is 3. The third kappa shape index (κ3) is 4.29. The van der Waals surface area contributed by atoms with E-state index in [0.717, 1.165) is 5.56 Å². The van der Waals surface area contributed by atoms with Gasteiger partial charge in [0.05, 0.1) is 0 Å². The molecule has 5 heteroatoms. The van der Waals surface area contributed by atoms with Gasteiger partial charge in [-0.05, 0) is 35.9 Å². The molecule has 0 aliphatic carbocycles. The van der Waals surface area contributed by atoms with Gasteiger partial charge in [-0.2, -0.15) is 0 Å². The quantitative estimate of drug-likeness (QED) is 0.458. The van der Waals surface area contributed by atoms with Crippen LogP contribution in [0.5, 0.6) is 0 Å². The second-order valence-corrected chi connectivity index (χ2v) is 4.25. The summed E-state index contributed by atoms with van der Waals surface area (Å²) in [6, 6.07) is 15.9. The van der Waals surface area contributed by atoms with Crippen LogP contribution in [-0.2, 0) is 4.79 Å². The zero-order valence-corrected chi connectivity index (χ0v) is 11.1. The Hall–Kier alpha value is -2.92. The summed E-state index contributed by atoms with van der Waals surface area (Å²) in [6.45, 7) is 0. The van der Waals surface area contributed by atoms with Gasteiger partial charge in [-0.15, -0.1) is 0 Å². The molecular weight excluding hydrogens is 268 g/mol. The molecule has 0 aliphatic rings. The van der Waals surface area contributed by atoms with E-state index >= 15 is 0 Å². The van der Waals surface area contributed by atoms with Crippen LogP contribution in [0.4, 0.5) is 5.69 Å². The minimum Gasteiger partial charge on any atom is -0.322 e. The van der Waals surface area contributed by atoms with Crippen molar-refractivity contribution in [2.75, 3.05) is 5.32 Å². The molecule has 2 aromatic rings. The van der Waals surface area contributed by atoms with Crippen LogP contribution in [0, 0.1) is 0 Å². The smallest absolute Gasteiger partial charge is 0.267 e. The zero-order chi connectivity index (χ0) is 15.1. The lowest BCUT2D eigenvalue weighted by Gasteiger charge is -2.05. The predicted molar refractivity (Wildman–Crippen MR) is 79.8 cm³/mol. The Kier molecular flexibility index (Phi) is 4.84. The summed E-state index contributed by atoms with van der Waals surface area (Å²) in [5.74, 6) is -0.782. The normalized spacial score (nSPS) is 10.3. The monoisotopic (exact) mass is 282 g/mol. The van der Waals surface area contributed by atoms with E-state index in [1.54, 1.807) is 54.6 Å². The van der Waals surface area contributed by atoms with Crippen LogP contribution < -0.4 is 10.8 Å². The predicted octanol–water partition coefficient (Wildman–Crippen LogP) is 2.46. The van der Waals surface area contributed by atoms with Crippen molar-refractivity contribution in [2.24, 2.45) is 0 Å². The summed E-state index contributed by atoms with van der Waals surface area (Å²) >= 11 is 0. The molecule has 0 radical (unpaired) electrons. The van der Waals surface area contributed by atoms with E-state index in [4.69, 9.17) is 5.21 Å². The zero-order valence-electron chi connectivity index (χ0n) is 11.1. The van der Waals surface area contributed by atoms with E-state index in [1.807, 2.05) is 6.07 Å². The van der Waals surface area contributed by atoms with Crippen molar-refractivity contribution in [1.82, 2.24) is 5.48 Å². The van der Waals surface area contributed by atoms with Gasteiger partial charge in [0.1, 0.15) is 0 Å². The number of anilines is 1. The van der Waals surface area contributed by atoms with E-state index in [-0.39, 0.29) is 5.91 Å². The van der Waals surface area contributed by atoms with E-state index < -0.39 is 5.91 Å². The number of rotatable bonds is 4. The molecule has 0 heterocycles. The Labute approximate surface area is 121 Å². The minimum atomic E-state index is -0.601. The molecule has 5 nitrogen and oxygen atoms in total. The molecule has 0 spiro atoms. The molecule has 2 rings (SSSR count). The SMILES string of the molecule is O=C(C=Cc1ccc(NC(=O)c2ccccc2)cc1)NO. The molecule has 106 valence electrons. The number of amides is 2. The van der Waals surface area contributed by atoms with Crippen molar-refractivity contribution in [3.8, 4) is 0 Å². The third-order valence-electron chi connectivity index (χ3n) is 2.74. The molecule has 0 saturated heterocycles. The van der Waals surface area contributed by atoms with Gasteiger partial charge >= 0.3 is 0 Å². The fourth-order valence-electron chi connectivity index (χ4n) is 1.68. The molecule has 0 atom stereocenters. The van der Waals surface area contributed by atoms with Crippen molar-refractivity contribution in [3.05, 3.63) is 71.8 Å². The van der Waals surface area contributed by atoms with E-state index in [9.17, 15) is 9.59 Å². The Morgan fingerprint density at radius 3 is 2.24 bits per heavy atom. The lowest BCUT2D eigenvalue weighted by molar-refractivity contribution is -0.124. The minimum absolute atomic E-state index is 0.182. The summed E-state index contributed by atoms with van der Waals surface area (Å²) in [7, 11) is 0. The molecule has 0 bridgehead atoms. The Morgan fingerprint density at radius 2 is 1.62 bits per heavy atom. The van der Waals surface area contributed by atoms with Crippen molar-refractivity contribution >= 4 is 23.6 Å². The van der Waals surface area contributed by atoms with E-state index in [2.05, 4.69) is 5.32 Å². The first kappa shape index (κ1) is 14.5. The fourth-order valence-corrected chi connectivity index (χ4v) is 1.68. The summed E-state index contributed by atoms with van der Waals surface area (Å²) in [6.07, 6.45) is 2.76. The van der Waals surface area contributed by atoms with E-state index in [0.29, 0.717) is 11.3 Å². The van der Waals surface area contributed by atoms with Crippen LogP contribution in [0.25, 0.3) is 6.08 Å². The highest BCUT2D eigenvalue weighted by molar-refractivity contribution is 6.04. The van der Waals surface area contributed by atoms with Gasteiger partial charge in [0.15, 0.2) is 0 Å². The van der Waals surface area contributed by atoms with Gasteiger partial charge in [0.25, 0.3) is 11.8 Å². The van der Waals surface area contributed by atoms with Crippen molar-refractivity contribution in [2.45, 2.75) is 0 Å². The molecule has 2 aromatic carbocycles. The van der Waals surface area contributed by atoms with Gasteiger partial charge in [-0.3, -0.25) is 14.8 Å². The van der Waals surface area contributed by atoms with Crippen molar-refractivity contribution in [3.63, 3.8) is 0 Å². The van der Waals surface area contributed by atoms with Crippen molar-refractivity contribution < 1.29 is 14.8 Å². The molecule has 0 fully saturated rings. The van der Waals surface area contributed by atoms with Crippen LogP contribution in [-0.4, -0.2) is 17.0 Å². The largest absolute Gasteiger partial charge is 0.322 e. The highest BCUT2D eigenvalue weighted by atomic mass is 16.5. The molecule has 0 unspecified atom stereocenters. The Morgan fingerprint density at radius 1 is 0.952 bits per heavy atom. The Bertz CT molecular complexity index is 649. The number of nitrogens with one attached hydrogen (secondary N) is 2. The third-order valence-corrected chi connectivity index (χ3v) is 2.74. The number of hydrogen-bond donors (Lipinski definition) is 3. The molecule has 0 saturated carbocycles. The summed E-state index contributed by atoms with van der Waals surface area (Å²) in [5, 5.41) is 11.1. The van der Waals surface area contributed by atoms with Gasteiger partial charge in [-0.1, -0.05) is 30.3 Å². The fraction of sp³-hybridized carbons (Fsp3) is 0. The van der Waals surface area contributed by atoms with Gasteiger partial charge in [0, 0.05) is 17.3 Å². The number of carbonyl (C=O) groups excluding carboxylic acids is 2. The van der Waals surface area contributed by atoms with Crippen LogP contribution in [0.2, 0.25) is 0 Å².